The van der Waals surface area contributed by atoms with Crippen molar-refractivity contribution in [3.8, 4) is 11.5 Å². The molecule has 0 aliphatic carbocycles. The maximum Gasteiger partial charge on any atom is 0.238 e. The maximum absolute atomic E-state index is 12.3. The third kappa shape index (κ3) is 4.54. The number of fused-ring (bicyclic) bond motifs is 1. The fourth-order valence-corrected chi connectivity index (χ4v) is 3.19. The van der Waals surface area contributed by atoms with E-state index >= 15 is 0 Å². The van der Waals surface area contributed by atoms with Crippen molar-refractivity contribution in [3.05, 3.63) is 51.0 Å². The number of anilines is 1. The molecule has 0 atom stereocenters. The quantitative estimate of drug-likeness (QED) is 0.782. The number of nitrogens with zero attached hydrogens (tertiary/aromatic N) is 1. The second kappa shape index (κ2) is 8.35. The van der Waals surface area contributed by atoms with E-state index in [0.29, 0.717) is 52.0 Å². The SMILES string of the molecule is CN(CC(=O)Nc1cc2c(cc1Cl)OCCO2)Cc1cccc(Cl)c1Cl. The van der Waals surface area contributed by atoms with Gasteiger partial charge in [-0.25, -0.2) is 0 Å². The number of hydrogen-bond donors (Lipinski definition) is 1. The molecular formula is C18H17Cl3N2O3. The molecule has 1 amide bonds. The van der Waals surface area contributed by atoms with Crippen molar-refractivity contribution in [2.75, 3.05) is 32.1 Å². The van der Waals surface area contributed by atoms with Crippen LogP contribution in [0.5, 0.6) is 11.5 Å². The molecule has 2 aromatic carbocycles. The molecule has 0 unspecified atom stereocenters. The van der Waals surface area contributed by atoms with Crippen LogP contribution in [0.25, 0.3) is 0 Å². The minimum atomic E-state index is -0.204. The summed E-state index contributed by atoms with van der Waals surface area (Å²) in [4.78, 5) is 14.2. The number of carbonyl (C=O) groups excluding carboxylic acids is 1. The van der Waals surface area contributed by atoms with Crippen molar-refractivity contribution < 1.29 is 14.3 Å². The summed E-state index contributed by atoms with van der Waals surface area (Å²) in [5.41, 5.74) is 1.34. The van der Waals surface area contributed by atoms with Crippen LogP contribution in [0.2, 0.25) is 15.1 Å². The number of carbonyl (C=O) groups is 1. The summed E-state index contributed by atoms with van der Waals surface area (Å²) < 4.78 is 11.0. The molecule has 1 aliphatic rings. The van der Waals surface area contributed by atoms with E-state index in [1.165, 1.54) is 0 Å². The summed E-state index contributed by atoms with van der Waals surface area (Å²) in [6, 6.07) is 8.74. The average Bonchev–Trinajstić information content (AvgIpc) is 2.59. The lowest BCUT2D eigenvalue weighted by atomic mass is 10.2. The van der Waals surface area contributed by atoms with E-state index in [2.05, 4.69) is 5.32 Å². The number of amides is 1. The van der Waals surface area contributed by atoms with Gasteiger partial charge in [0, 0.05) is 18.7 Å². The van der Waals surface area contributed by atoms with Gasteiger partial charge in [0.15, 0.2) is 11.5 Å². The smallest absolute Gasteiger partial charge is 0.238 e. The lowest BCUT2D eigenvalue weighted by molar-refractivity contribution is -0.117. The van der Waals surface area contributed by atoms with Gasteiger partial charge < -0.3 is 14.8 Å². The van der Waals surface area contributed by atoms with Gasteiger partial charge in [-0.3, -0.25) is 9.69 Å². The third-order valence-corrected chi connectivity index (χ3v) is 4.96. The molecule has 1 N–H and O–H groups in total. The Morgan fingerprint density at radius 1 is 1.12 bits per heavy atom. The first-order chi connectivity index (χ1) is 12.4. The number of hydrogen-bond acceptors (Lipinski definition) is 4. The van der Waals surface area contributed by atoms with Crippen molar-refractivity contribution >= 4 is 46.4 Å². The molecule has 0 saturated carbocycles. The van der Waals surface area contributed by atoms with Gasteiger partial charge in [0.05, 0.1) is 27.3 Å². The van der Waals surface area contributed by atoms with Crippen LogP contribution in [-0.2, 0) is 11.3 Å². The monoisotopic (exact) mass is 414 g/mol. The second-order valence-corrected chi connectivity index (χ2v) is 7.10. The van der Waals surface area contributed by atoms with Gasteiger partial charge in [0.2, 0.25) is 5.91 Å². The minimum absolute atomic E-state index is 0.160. The molecule has 0 fully saturated rings. The van der Waals surface area contributed by atoms with Gasteiger partial charge in [-0.1, -0.05) is 46.9 Å². The van der Waals surface area contributed by atoms with Crippen LogP contribution in [0.4, 0.5) is 5.69 Å². The Balaban J connectivity index is 1.62. The van der Waals surface area contributed by atoms with Crippen LogP contribution in [0.1, 0.15) is 5.56 Å². The number of ether oxygens (including phenoxy) is 2. The van der Waals surface area contributed by atoms with Crippen LogP contribution in [-0.4, -0.2) is 37.6 Å². The number of halogens is 3. The highest BCUT2D eigenvalue weighted by molar-refractivity contribution is 6.42. The molecule has 3 rings (SSSR count). The highest BCUT2D eigenvalue weighted by Gasteiger charge is 2.17. The van der Waals surface area contributed by atoms with Crippen molar-refractivity contribution in [3.63, 3.8) is 0 Å². The Hall–Kier alpha value is -1.66. The highest BCUT2D eigenvalue weighted by atomic mass is 35.5. The van der Waals surface area contributed by atoms with Crippen molar-refractivity contribution in [1.82, 2.24) is 4.90 Å². The fourth-order valence-electron chi connectivity index (χ4n) is 2.61. The molecule has 1 heterocycles. The van der Waals surface area contributed by atoms with E-state index < -0.39 is 0 Å². The Morgan fingerprint density at radius 2 is 1.81 bits per heavy atom. The summed E-state index contributed by atoms with van der Waals surface area (Å²) >= 11 is 18.4. The Morgan fingerprint density at radius 3 is 2.54 bits per heavy atom. The van der Waals surface area contributed by atoms with E-state index in [-0.39, 0.29) is 12.5 Å². The largest absolute Gasteiger partial charge is 0.486 e. The zero-order valence-corrected chi connectivity index (χ0v) is 16.3. The van der Waals surface area contributed by atoms with E-state index in [4.69, 9.17) is 44.3 Å². The van der Waals surface area contributed by atoms with Crippen molar-refractivity contribution in [2.45, 2.75) is 6.54 Å². The summed E-state index contributed by atoms with van der Waals surface area (Å²) in [6.45, 7) is 1.59. The second-order valence-electron chi connectivity index (χ2n) is 5.91. The Kier molecular flexibility index (Phi) is 6.14. The van der Waals surface area contributed by atoms with Gasteiger partial charge in [-0.15, -0.1) is 0 Å². The van der Waals surface area contributed by atoms with Gasteiger partial charge in [0.25, 0.3) is 0 Å². The topological polar surface area (TPSA) is 50.8 Å². The summed E-state index contributed by atoms with van der Waals surface area (Å²) in [6.07, 6.45) is 0. The van der Waals surface area contributed by atoms with Crippen LogP contribution in [0.15, 0.2) is 30.3 Å². The first-order valence-electron chi connectivity index (χ1n) is 7.94. The minimum Gasteiger partial charge on any atom is -0.486 e. The zero-order chi connectivity index (χ0) is 18.7. The van der Waals surface area contributed by atoms with Crippen LogP contribution in [0.3, 0.4) is 0 Å². The molecular weight excluding hydrogens is 399 g/mol. The summed E-state index contributed by atoms with van der Waals surface area (Å²) in [7, 11) is 1.82. The first-order valence-corrected chi connectivity index (χ1v) is 9.08. The zero-order valence-electron chi connectivity index (χ0n) is 14.0. The highest BCUT2D eigenvalue weighted by Crippen LogP contribution is 2.38. The number of likely N-dealkylation sites (N-methyl/N-ethyl adjacent to an activating group) is 1. The normalized spacial score (nSPS) is 13.0. The van der Waals surface area contributed by atoms with Crippen LogP contribution >= 0.6 is 34.8 Å². The average molecular weight is 416 g/mol. The fraction of sp³-hybridized carbons (Fsp3) is 0.278. The van der Waals surface area contributed by atoms with Gasteiger partial charge in [-0.2, -0.15) is 0 Å². The summed E-state index contributed by atoms with van der Waals surface area (Å²) in [5.74, 6) is 0.936. The van der Waals surface area contributed by atoms with E-state index in [9.17, 15) is 4.79 Å². The van der Waals surface area contributed by atoms with E-state index in [1.54, 1.807) is 18.2 Å². The number of nitrogens with one attached hydrogen (secondary N) is 1. The predicted molar refractivity (Wildman–Crippen MR) is 104 cm³/mol. The molecule has 8 heteroatoms. The van der Waals surface area contributed by atoms with Crippen LogP contribution < -0.4 is 14.8 Å². The van der Waals surface area contributed by atoms with Gasteiger partial charge in [0.1, 0.15) is 13.2 Å². The first kappa shape index (κ1) is 19.1. The molecule has 2 aromatic rings. The van der Waals surface area contributed by atoms with Gasteiger partial charge in [-0.05, 0) is 18.7 Å². The number of rotatable bonds is 5. The van der Waals surface area contributed by atoms with Crippen molar-refractivity contribution in [2.24, 2.45) is 0 Å². The van der Waals surface area contributed by atoms with Crippen LogP contribution in [0, 0.1) is 0 Å². The standard InChI is InChI=1S/C18H17Cl3N2O3/c1-23(9-11-3-2-4-12(19)18(11)21)10-17(24)22-14-8-16-15(7-13(14)20)25-5-6-26-16/h2-4,7-8H,5-6,9-10H2,1H3,(H,22,24). The lowest BCUT2D eigenvalue weighted by Crippen LogP contribution is -2.30. The number of benzene rings is 2. The molecule has 0 radical (unpaired) electrons. The van der Waals surface area contributed by atoms with E-state index in [1.807, 2.05) is 24.1 Å². The summed E-state index contributed by atoms with van der Waals surface area (Å²) in [5, 5.41) is 4.18. The molecule has 0 saturated heterocycles. The molecule has 0 aromatic heterocycles. The molecule has 0 spiro atoms. The predicted octanol–water partition coefficient (Wildman–Crippen LogP) is 4.49. The van der Waals surface area contributed by atoms with Crippen molar-refractivity contribution in [1.29, 1.82) is 0 Å². The van der Waals surface area contributed by atoms with E-state index in [0.717, 1.165) is 5.56 Å². The molecule has 5 nitrogen and oxygen atoms in total. The maximum atomic E-state index is 12.3. The molecule has 138 valence electrons. The third-order valence-electron chi connectivity index (χ3n) is 3.79. The lowest BCUT2D eigenvalue weighted by Gasteiger charge is -2.21. The Labute approximate surface area is 166 Å². The molecule has 26 heavy (non-hydrogen) atoms. The Bertz CT molecular complexity index is 830. The molecule has 1 aliphatic heterocycles. The molecule has 0 bridgehead atoms. The van der Waals surface area contributed by atoms with Gasteiger partial charge >= 0.3 is 0 Å².